The molecule has 0 radical (unpaired) electrons. The summed E-state index contributed by atoms with van der Waals surface area (Å²) >= 11 is 6.63. The summed E-state index contributed by atoms with van der Waals surface area (Å²) in [5.41, 5.74) is 1.75. The highest BCUT2D eigenvalue weighted by Gasteiger charge is 2.61. The van der Waals surface area contributed by atoms with Crippen LogP contribution < -0.4 is 4.74 Å². The third-order valence-electron chi connectivity index (χ3n) is 5.22. The number of halogens is 1. The Morgan fingerprint density at radius 2 is 1.96 bits per heavy atom. The van der Waals surface area contributed by atoms with E-state index in [4.69, 9.17) is 30.8 Å². The smallest absolute Gasteiger partial charge is 0.343 e. The second-order valence-electron chi connectivity index (χ2n) is 8.54. The number of pyridine rings is 1. The fourth-order valence-corrected chi connectivity index (χ4v) is 4.54. The van der Waals surface area contributed by atoms with Crippen molar-refractivity contribution < 1.29 is 19.0 Å². The monoisotopic (exact) mass is 392 g/mol. The predicted molar refractivity (Wildman–Crippen MR) is 102 cm³/mol. The Hall–Kier alpha value is -1.79. The zero-order valence-electron chi connectivity index (χ0n) is 16.3. The number of ether oxygens (including phenoxy) is 3. The van der Waals surface area contributed by atoms with Crippen LogP contribution in [0.15, 0.2) is 12.4 Å². The molecular weight excluding hydrogens is 368 g/mol. The lowest BCUT2D eigenvalue weighted by atomic mass is 9.62. The largest absolute Gasteiger partial charge is 0.488 e. The van der Waals surface area contributed by atoms with Crippen molar-refractivity contribution in [1.29, 1.82) is 0 Å². The van der Waals surface area contributed by atoms with E-state index in [1.54, 1.807) is 10.6 Å². The number of carbonyl (C=O) groups is 1. The number of rotatable bonds is 5. The van der Waals surface area contributed by atoms with E-state index in [0.29, 0.717) is 28.6 Å². The second kappa shape index (κ2) is 6.11. The summed E-state index contributed by atoms with van der Waals surface area (Å²) < 4.78 is 18.9. The lowest BCUT2D eigenvalue weighted by Crippen LogP contribution is -2.45. The van der Waals surface area contributed by atoms with Crippen molar-refractivity contribution in [3.8, 4) is 5.75 Å². The van der Waals surface area contributed by atoms with Gasteiger partial charge in [0, 0.05) is 17.8 Å². The van der Waals surface area contributed by atoms with Gasteiger partial charge in [-0.1, -0.05) is 11.6 Å². The van der Waals surface area contributed by atoms with Crippen LogP contribution in [0.25, 0.3) is 5.65 Å². The molecule has 0 atom stereocenters. The number of aromatic nitrogens is 2. The first-order valence-electron chi connectivity index (χ1n) is 9.36. The molecule has 2 aliphatic heterocycles. The van der Waals surface area contributed by atoms with Gasteiger partial charge in [0.25, 0.3) is 0 Å². The molecule has 6 nitrogen and oxygen atoms in total. The van der Waals surface area contributed by atoms with Crippen LogP contribution >= 0.6 is 11.6 Å². The summed E-state index contributed by atoms with van der Waals surface area (Å²) in [4.78, 5) is 17.4. The lowest BCUT2D eigenvalue weighted by molar-refractivity contribution is 0.0154. The maximum atomic E-state index is 12.6. The number of fused-ring (bicyclic) bond motifs is 2. The Bertz CT molecular complexity index is 912. The van der Waals surface area contributed by atoms with Crippen molar-refractivity contribution in [3.63, 3.8) is 0 Å². The Morgan fingerprint density at radius 1 is 1.26 bits per heavy atom. The van der Waals surface area contributed by atoms with Gasteiger partial charge in [0.2, 0.25) is 0 Å². The Kier molecular flexibility index (Phi) is 4.20. The van der Waals surface area contributed by atoms with Crippen molar-refractivity contribution in [2.75, 3.05) is 6.61 Å². The quantitative estimate of drug-likeness (QED) is 0.715. The van der Waals surface area contributed by atoms with Crippen LogP contribution in [0.1, 0.15) is 63.5 Å². The molecule has 0 spiro atoms. The number of imidazole rings is 1. The molecule has 27 heavy (non-hydrogen) atoms. The molecule has 2 aromatic rings. The standard InChI is InChI=1S/C20H25ClN2O4/c1-11(2)26-16-13(18(24)27-12(3)4)6-23-7-14(22-17(23)15(16)21)20-8-19(5,9-20)25-10-20/h6-7,11-12H,8-10H2,1-5H3. The van der Waals surface area contributed by atoms with E-state index in [-0.39, 0.29) is 23.2 Å². The zero-order valence-corrected chi connectivity index (χ0v) is 17.1. The molecule has 2 saturated heterocycles. The van der Waals surface area contributed by atoms with E-state index in [0.717, 1.165) is 18.5 Å². The molecule has 0 N–H and O–H groups in total. The van der Waals surface area contributed by atoms with Crippen LogP contribution in [0.2, 0.25) is 5.02 Å². The highest BCUT2D eigenvalue weighted by Crippen LogP contribution is 2.58. The van der Waals surface area contributed by atoms with Gasteiger partial charge in [-0.15, -0.1) is 0 Å². The van der Waals surface area contributed by atoms with Gasteiger partial charge in [0.05, 0.1) is 30.1 Å². The maximum Gasteiger partial charge on any atom is 0.343 e. The van der Waals surface area contributed by atoms with Crippen molar-refractivity contribution >= 4 is 23.2 Å². The highest BCUT2D eigenvalue weighted by molar-refractivity contribution is 6.35. The molecule has 0 aromatic carbocycles. The average molecular weight is 393 g/mol. The zero-order chi connectivity index (χ0) is 19.6. The first-order chi connectivity index (χ1) is 12.6. The normalized spacial score (nSPS) is 26.7. The summed E-state index contributed by atoms with van der Waals surface area (Å²) in [6, 6.07) is 0. The molecule has 2 bridgehead atoms. The summed E-state index contributed by atoms with van der Waals surface area (Å²) in [6.07, 6.45) is 5.18. The van der Waals surface area contributed by atoms with Crippen LogP contribution in [0.3, 0.4) is 0 Å². The van der Waals surface area contributed by atoms with E-state index in [1.807, 2.05) is 33.9 Å². The molecule has 1 aliphatic carbocycles. The Balaban J connectivity index is 1.81. The molecule has 5 rings (SSSR count). The Morgan fingerprint density at radius 3 is 2.52 bits per heavy atom. The van der Waals surface area contributed by atoms with Crippen molar-refractivity contribution in [2.45, 2.75) is 70.7 Å². The molecular formula is C20H25ClN2O4. The van der Waals surface area contributed by atoms with Gasteiger partial charge >= 0.3 is 5.97 Å². The van der Waals surface area contributed by atoms with Gasteiger partial charge in [0.15, 0.2) is 11.4 Å². The summed E-state index contributed by atoms with van der Waals surface area (Å²) in [5.74, 6) is -0.140. The number of carbonyl (C=O) groups excluding carboxylic acids is 1. The highest BCUT2D eigenvalue weighted by atomic mass is 35.5. The van der Waals surface area contributed by atoms with E-state index < -0.39 is 5.97 Å². The van der Waals surface area contributed by atoms with E-state index in [2.05, 4.69) is 6.92 Å². The average Bonchev–Trinajstić information content (AvgIpc) is 3.19. The summed E-state index contributed by atoms with van der Waals surface area (Å²) in [6.45, 7) is 10.2. The molecule has 0 amide bonds. The van der Waals surface area contributed by atoms with Crippen molar-refractivity contribution in [1.82, 2.24) is 9.38 Å². The van der Waals surface area contributed by atoms with E-state index in [9.17, 15) is 4.79 Å². The van der Waals surface area contributed by atoms with Gasteiger partial charge in [-0.25, -0.2) is 9.78 Å². The van der Waals surface area contributed by atoms with Gasteiger partial charge < -0.3 is 18.6 Å². The number of hydrogen-bond acceptors (Lipinski definition) is 5. The minimum absolute atomic E-state index is 0.0300. The molecule has 3 fully saturated rings. The van der Waals surface area contributed by atoms with Crippen molar-refractivity contribution in [2.24, 2.45) is 0 Å². The lowest BCUT2D eigenvalue weighted by Gasteiger charge is -2.41. The number of nitrogens with zero attached hydrogens (tertiary/aromatic N) is 2. The third-order valence-corrected chi connectivity index (χ3v) is 5.56. The molecule has 7 heteroatoms. The fraction of sp³-hybridized carbons (Fsp3) is 0.600. The first-order valence-corrected chi connectivity index (χ1v) is 9.74. The third kappa shape index (κ3) is 2.99. The molecule has 1 saturated carbocycles. The molecule has 0 unspecified atom stereocenters. The summed E-state index contributed by atoms with van der Waals surface area (Å²) in [7, 11) is 0. The van der Waals surface area contributed by atoms with Gasteiger partial charge in [0.1, 0.15) is 10.6 Å². The van der Waals surface area contributed by atoms with Gasteiger partial charge in [-0.05, 0) is 47.5 Å². The first kappa shape index (κ1) is 18.6. The molecule has 4 heterocycles. The predicted octanol–water partition coefficient (Wildman–Crippen LogP) is 4.16. The van der Waals surface area contributed by atoms with Crippen LogP contribution in [-0.2, 0) is 14.9 Å². The number of hydrogen-bond donors (Lipinski definition) is 0. The van der Waals surface area contributed by atoms with Crippen LogP contribution in [0.4, 0.5) is 0 Å². The minimum atomic E-state index is -0.460. The van der Waals surface area contributed by atoms with Crippen molar-refractivity contribution in [3.05, 3.63) is 28.7 Å². The topological polar surface area (TPSA) is 62.1 Å². The summed E-state index contributed by atoms with van der Waals surface area (Å²) in [5, 5.41) is 0.325. The van der Waals surface area contributed by atoms with Crippen LogP contribution in [0, 0.1) is 0 Å². The minimum Gasteiger partial charge on any atom is -0.488 e. The molecule has 146 valence electrons. The fourth-order valence-electron chi connectivity index (χ4n) is 4.25. The Labute approximate surface area is 163 Å². The van der Waals surface area contributed by atoms with E-state index in [1.165, 1.54) is 0 Å². The maximum absolute atomic E-state index is 12.6. The SMILES string of the molecule is CC(C)OC(=O)c1cn2cc(C34COC(C)(C3)C4)nc2c(Cl)c1OC(C)C. The van der Waals surface area contributed by atoms with E-state index >= 15 is 0 Å². The van der Waals surface area contributed by atoms with Crippen LogP contribution in [-0.4, -0.2) is 39.8 Å². The van der Waals surface area contributed by atoms with Gasteiger partial charge in [-0.2, -0.15) is 0 Å². The number of esters is 1. The van der Waals surface area contributed by atoms with Gasteiger partial charge in [-0.3, -0.25) is 0 Å². The second-order valence-corrected chi connectivity index (χ2v) is 8.91. The molecule has 2 aromatic heterocycles. The molecule has 3 aliphatic rings. The van der Waals surface area contributed by atoms with Crippen LogP contribution in [0.5, 0.6) is 5.75 Å².